The number of nitro groups is 1. The molecule has 0 bridgehead atoms. The average molecular weight is 329 g/mol. The van der Waals surface area contributed by atoms with E-state index in [1.54, 1.807) is 0 Å². The Morgan fingerprint density at radius 3 is 2.33 bits per heavy atom. The standard InChI is InChI=1S/C18H16FNO4/c1-10-8-12(9-10)16-14(18(21)22)6-7-15(20(23)24)17(16)11-2-4-13(19)5-3-11/h2-7,10,12H,8-9H2,1H3,(H,21,22). The summed E-state index contributed by atoms with van der Waals surface area (Å²) in [6, 6.07) is 7.86. The fourth-order valence-corrected chi connectivity index (χ4v) is 3.43. The number of hydrogen-bond acceptors (Lipinski definition) is 3. The van der Waals surface area contributed by atoms with E-state index in [1.165, 1.54) is 36.4 Å². The zero-order chi connectivity index (χ0) is 17.4. The monoisotopic (exact) mass is 329 g/mol. The minimum Gasteiger partial charge on any atom is -0.478 e. The number of nitrogens with zero attached hydrogens (tertiary/aromatic N) is 1. The summed E-state index contributed by atoms with van der Waals surface area (Å²) in [6.45, 7) is 2.06. The third-order valence-corrected chi connectivity index (χ3v) is 4.57. The molecule has 0 unspecified atom stereocenters. The van der Waals surface area contributed by atoms with Crippen molar-refractivity contribution in [1.29, 1.82) is 0 Å². The summed E-state index contributed by atoms with van der Waals surface area (Å²) in [4.78, 5) is 22.6. The van der Waals surface area contributed by atoms with Gasteiger partial charge in [0.2, 0.25) is 0 Å². The van der Waals surface area contributed by atoms with Crippen molar-refractivity contribution in [2.45, 2.75) is 25.7 Å². The summed E-state index contributed by atoms with van der Waals surface area (Å²) in [6.07, 6.45) is 1.57. The van der Waals surface area contributed by atoms with Gasteiger partial charge in [-0.05, 0) is 54.0 Å². The van der Waals surface area contributed by atoms with Crippen LogP contribution in [0.2, 0.25) is 0 Å². The summed E-state index contributed by atoms with van der Waals surface area (Å²) >= 11 is 0. The highest BCUT2D eigenvalue weighted by atomic mass is 19.1. The van der Waals surface area contributed by atoms with Crippen molar-refractivity contribution in [1.82, 2.24) is 0 Å². The van der Waals surface area contributed by atoms with Crippen LogP contribution in [0.3, 0.4) is 0 Å². The molecule has 0 atom stereocenters. The van der Waals surface area contributed by atoms with Gasteiger partial charge in [-0.25, -0.2) is 9.18 Å². The van der Waals surface area contributed by atoms with E-state index in [9.17, 15) is 24.4 Å². The van der Waals surface area contributed by atoms with E-state index in [4.69, 9.17) is 0 Å². The van der Waals surface area contributed by atoms with Gasteiger partial charge in [-0.2, -0.15) is 0 Å². The Kier molecular flexibility index (Phi) is 4.05. The third kappa shape index (κ3) is 2.75. The largest absolute Gasteiger partial charge is 0.478 e. The zero-order valence-corrected chi connectivity index (χ0v) is 13.0. The normalized spacial score (nSPS) is 19.6. The van der Waals surface area contributed by atoms with E-state index < -0.39 is 16.7 Å². The summed E-state index contributed by atoms with van der Waals surface area (Å²) in [5.74, 6) is -1.14. The molecule has 1 aliphatic rings. The van der Waals surface area contributed by atoms with Crippen LogP contribution < -0.4 is 0 Å². The lowest BCUT2D eigenvalue weighted by Crippen LogP contribution is -2.22. The van der Waals surface area contributed by atoms with Gasteiger partial charge in [-0.3, -0.25) is 10.1 Å². The first-order valence-corrected chi connectivity index (χ1v) is 7.69. The maximum atomic E-state index is 13.2. The number of halogens is 1. The number of carbonyl (C=O) groups is 1. The Labute approximate surface area is 137 Å². The van der Waals surface area contributed by atoms with Crippen molar-refractivity contribution in [3.63, 3.8) is 0 Å². The lowest BCUT2D eigenvalue weighted by molar-refractivity contribution is -0.384. The fourth-order valence-electron chi connectivity index (χ4n) is 3.43. The second-order valence-electron chi connectivity index (χ2n) is 6.26. The molecule has 0 saturated heterocycles. The molecule has 0 amide bonds. The summed E-state index contributed by atoms with van der Waals surface area (Å²) in [5.41, 5.74) is 1.16. The molecular weight excluding hydrogens is 313 g/mol. The molecule has 1 aliphatic carbocycles. The Balaban J connectivity index is 2.29. The number of hydrogen-bond donors (Lipinski definition) is 1. The van der Waals surface area contributed by atoms with E-state index in [0.717, 1.165) is 12.8 Å². The Bertz CT molecular complexity index is 811. The van der Waals surface area contributed by atoms with Crippen molar-refractivity contribution >= 4 is 11.7 Å². The number of aromatic carboxylic acids is 1. The molecule has 0 heterocycles. The van der Waals surface area contributed by atoms with Gasteiger partial charge in [0.15, 0.2) is 0 Å². The second kappa shape index (κ2) is 6.03. The first-order chi connectivity index (χ1) is 11.4. The smallest absolute Gasteiger partial charge is 0.336 e. The Hall–Kier alpha value is -2.76. The lowest BCUT2D eigenvalue weighted by atomic mass is 9.69. The summed E-state index contributed by atoms with van der Waals surface area (Å²) in [5, 5.41) is 21.0. The quantitative estimate of drug-likeness (QED) is 0.656. The molecule has 2 aromatic carbocycles. The van der Waals surface area contributed by atoms with Gasteiger partial charge in [0, 0.05) is 6.07 Å². The summed E-state index contributed by atoms with van der Waals surface area (Å²) < 4.78 is 13.2. The fraction of sp³-hybridized carbons (Fsp3) is 0.278. The SMILES string of the molecule is CC1CC(c2c(C(=O)O)ccc([N+](=O)[O-])c2-c2ccc(F)cc2)C1. The van der Waals surface area contributed by atoms with E-state index >= 15 is 0 Å². The van der Waals surface area contributed by atoms with E-state index in [0.29, 0.717) is 17.0 Å². The van der Waals surface area contributed by atoms with Gasteiger partial charge < -0.3 is 5.11 Å². The highest BCUT2D eigenvalue weighted by Crippen LogP contribution is 2.48. The first-order valence-electron chi connectivity index (χ1n) is 7.69. The summed E-state index contributed by atoms with van der Waals surface area (Å²) in [7, 11) is 0. The van der Waals surface area contributed by atoms with Crippen molar-refractivity contribution in [3.05, 3.63) is 63.5 Å². The molecular formula is C18H16FNO4. The van der Waals surface area contributed by atoms with Crippen LogP contribution in [0, 0.1) is 21.8 Å². The highest BCUT2D eigenvalue weighted by Gasteiger charge is 2.35. The molecule has 3 rings (SSSR count). The Morgan fingerprint density at radius 2 is 1.83 bits per heavy atom. The van der Waals surface area contributed by atoms with E-state index in [1.807, 2.05) is 0 Å². The number of rotatable bonds is 4. The maximum absolute atomic E-state index is 13.2. The van der Waals surface area contributed by atoms with Gasteiger partial charge in [0.05, 0.1) is 16.1 Å². The van der Waals surface area contributed by atoms with E-state index in [2.05, 4.69) is 6.92 Å². The number of carboxylic acids is 1. The molecule has 6 heteroatoms. The first kappa shape index (κ1) is 16.1. The minimum atomic E-state index is -1.11. The number of carboxylic acid groups (broad SMARTS) is 1. The highest BCUT2D eigenvalue weighted by molar-refractivity contribution is 5.94. The van der Waals surface area contributed by atoms with Crippen molar-refractivity contribution in [3.8, 4) is 11.1 Å². The molecule has 5 nitrogen and oxygen atoms in total. The van der Waals surface area contributed by atoms with Crippen LogP contribution in [0.4, 0.5) is 10.1 Å². The topological polar surface area (TPSA) is 80.4 Å². The van der Waals surface area contributed by atoms with Gasteiger partial charge in [0.25, 0.3) is 5.69 Å². The number of nitro benzene ring substituents is 1. The van der Waals surface area contributed by atoms with Crippen molar-refractivity contribution < 1.29 is 19.2 Å². The molecule has 0 aromatic heterocycles. The van der Waals surface area contributed by atoms with Crippen LogP contribution in [0.5, 0.6) is 0 Å². The van der Waals surface area contributed by atoms with Crippen LogP contribution >= 0.6 is 0 Å². The predicted molar refractivity (Wildman–Crippen MR) is 86.6 cm³/mol. The van der Waals surface area contributed by atoms with Crippen LogP contribution in [-0.4, -0.2) is 16.0 Å². The molecule has 0 spiro atoms. The molecule has 0 aliphatic heterocycles. The average Bonchev–Trinajstić information content (AvgIpc) is 2.51. The van der Waals surface area contributed by atoms with Gasteiger partial charge >= 0.3 is 5.97 Å². The lowest BCUT2D eigenvalue weighted by Gasteiger charge is -2.35. The Morgan fingerprint density at radius 1 is 1.21 bits per heavy atom. The van der Waals surface area contributed by atoms with Gasteiger partial charge in [-0.15, -0.1) is 0 Å². The number of benzene rings is 2. The minimum absolute atomic E-state index is 0.0361. The molecule has 2 aromatic rings. The predicted octanol–water partition coefficient (Wildman–Crippen LogP) is 4.61. The molecule has 0 radical (unpaired) electrons. The molecule has 1 fully saturated rings. The van der Waals surface area contributed by atoms with Crippen LogP contribution in [-0.2, 0) is 0 Å². The van der Waals surface area contributed by atoms with Crippen LogP contribution in [0.1, 0.15) is 41.6 Å². The molecule has 124 valence electrons. The second-order valence-corrected chi connectivity index (χ2v) is 6.26. The van der Waals surface area contributed by atoms with Crippen molar-refractivity contribution in [2.75, 3.05) is 0 Å². The van der Waals surface area contributed by atoms with Gasteiger partial charge in [0.1, 0.15) is 5.82 Å². The zero-order valence-electron chi connectivity index (χ0n) is 13.0. The maximum Gasteiger partial charge on any atom is 0.336 e. The van der Waals surface area contributed by atoms with Crippen molar-refractivity contribution in [2.24, 2.45) is 5.92 Å². The van der Waals surface area contributed by atoms with E-state index in [-0.39, 0.29) is 22.7 Å². The molecule has 24 heavy (non-hydrogen) atoms. The van der Waals surface area contributed by atoms with Crippen LogP contribution in [0.25, 0.3) is 11.1 Å². The third-order valence-electron chi connectivity index (χ3n) is 4.57. The molecule has 1 N–H and O–H groups in total. The van der Waals surface area contributed by atoms with Gasteiger partial charge in [-0.1, -0.05) is 19.1 Å². The molecule has 1 saturated carbocycles. The van der Waals surface area contributed by atoms with Crippen LogP contribution in [0.15, 0.2) is 36.4 Å².